The van der Waals surface area contributed by atoms with Gasteiger partial charge in [0.25, 0.3) is 0 Å². The van der Waals surface area contributed by atoms with E-state index in [4.69, 9.17) is 23.1 Å². The summed E-state index contributed by atoms with van der Waals surface area (Å²) < 4.78 is 0. The van der Waals surface area contributed by atoms with E-state index in [1.54, 1.807) is 6.07 Å². The van der Waals surface area contributed by atoms with Crippen molar-refractivity contribution in [3.05, 3.63) is 34.9 Å². The van der Waals surface area contributed by atoms with Gasteiger partial charge in [-0.05, 0) is 30.7 Å². The van der Waals surface area contributed by atoms with Gasteiger partial charge < -0.3 is 11.5 Å². The molecule has 0 bridgehead atoms. The Morgan fingerprint density at radius 1 is 1.38 bits per heavy atom. The van der Waals surface area contributed by atoms with Crippen LogP contribution in [0.2, 0.25) is 5.02 Å². The van der Waals surface area contributed by atoms with Crippen LogP contribution in [0, 0.1) is 0 Å². The highest BCUT2D eigenvalue weighted by Crippen LogP contribution is 2.20. The molecular formula is C10H13ClN2. The average Bonchev–Trinajstić information content (AvgIpc) is 2.12. The molecule has 0 radical (unpaired) electrons. The number of hydrogen-bond acceptors (Lipinski definition) is 2. The Balaban J connectivity index is 2.73. The van der Waals surface area contributed by atoms with Gasteiger partial charge in [-0.15, -0.1) is 0 Å². The van der Waals surface area contributed by atoms with Crippen molar-refractivity contribution in [2.75, 3.05) is 12.3 Å². The van der Waals surface area contributed by atoms with Crippen molar-refractivity contribution in [1.29, 1.82) is 0 Å². The van der Waals surface area contributed by atoms with E-state index >= 15 is 0 Å². The van der Waals surface area contributed by atoms with Gasteiger partial charge in [0, 0.05) is 0 Å². The number of nitrogens with two attached hydrogens (primary N) is 2. The summed E-state index contributed by atoms with van der Waals surface area (Å²) in [6, 6.07) is 5.56. The predicted octanol–water partition coefficient (Wildman–Crippen LogP) is 2.28. The molecule has 4 N–H and O–H groups in total. The second-order valence-corrected chi connectivity index (χ2v) is 3.17. The second-order valence-electron chi connectivity index (χ2n) is 2.76. The molecule has 0 aliphatic heterocycles. The lowest BCUT2D eigenvalue weighted by atomic mass is 10.2. The van der Waals surface area contributed by atoms with E-state index in [9.17, 15) is 0 Å². The summed E-state index contributed by atoms with van der Waals surface area (Å²) in [5.41, 5.74) is 12.6. The van der Waals surface area contributed by atoms with Gasteiger partial charge in [0.1, 0.15) is 0 Å². The fraction of sp³-hybridized carbons (Fsp3) is 0.200. The fourth-order valence-electron chi connectivity index (χ4n) is 0.963. The van der Waals surface area contributed by atoms with Gasteiger partial charge in [-0.3, -0.25) is 0 Å². The third-order valence-corrected chi connectivity index (χ3v) is 2.00. The summed E-state index contributed by atoms with van der Waals surface area (Å²) in [7, 11) is 0. The number of rotatable bonds is 3. The Kier molecular flexibility index (Phi) is 3.80. The molecule has 0 heterocycles. The summed E-state index contributed by atoms with van der Waals surface area (Å²) in [5.74, 6) is 0. The van der Waals surface area contributed by atoms with Crippen molar-refractivity contribution in [3.8, 4) is 0 Å². The van der Waals surface area contributed by atoms with Crippen LogP contribution < -0.4 is 11.5 Å². The maximum absolute atomic E-state index is 5.84. The Labute approximate surface area is 83.2 Å². The van der Waals surface area contributed by atoms with Crippen LogP contribution in [0.25, 0.3) is 6.08 Å². The molecular weight excluding hydrogens is 184 g/mol. The van der Waals surface area contributed by atoms with E-state index in [1.807, 2.05) is 24.3 Å². The van der Waals surface area contributed by atoms with Crippen molar-refractivity contribution >= 4 is 23.4 Å². The summed E-state index contributed by atoms with van der Waals surface area (Å²) >= 11 is 5.84. The standard InChI is InChI=1S/C10H13ClN2/c11-9-7-8(3-1-2-6-12)4-5-10(9)13/h1,3-5,7H,2,6,12-13H2. The van der Waals surface area contributed by atoms with Gasteiger partial charge in [0.15, 0.2) is 0 Å². The molecule has 13 heavy (non-hydrogen) atoms. The number of hydrogen-bond donors (Lipinski definition) is 2. The minimum atomic E-state index is 0.592. The van der Waals surface area contributed by atoms with E-state index < -0.39 is 0 Å². The smallest absolute Gasteiger partial charge is 0.0641 e. The predicted molar refractivity (Wildman–Crippen MR) is 58.6 cm³/mol. The Hall–Kier alpha value is -0.990. The monoisotopic (exact) mass is 196 g/mol. The number of benzene rings is 1. The number of halogens is 1. The van der Waals surface area contributed by atoms with Crippen molar-refractivity contribution in [2.24, 2.45) is 5.73 Å². The average molecular weight is 197 g/mol. The molecule has 70 valence electrons. The first kappa shape index (κ1) is 10.1. The largest absolute Gasteiger partial charge is 0.398 e. The first-order valence-electron chi connectivity index (χ1n) is 4.15. The van der Waals surface area contributed by atoms with Gasteiger partial charge >= 0.3 is 0 Å². The molecule has 2 nitrogen and oxygen atoms in total. The van der Waals surface area contributed by atoms with Gasteiger partial charge in [0.2, 0.25) is 0 Å². The highest BCUT2D eigenvalue weighted by Gasteiger charge is 1.94. The van der Waals surface area contributed by atoms with Crippen LogP contribution in [0.15, 0.2) is 24.3 Å². The maximum atomic E-state index is 5.84. The van der Waals surface area contributed by atoms with Gasteiger partial charge in [-0.25, -0.2) is 0 Å². The van der Waals surface area contributed by atoms with E-state index in [0.29, 0.717) is 17.3 Å². The molecule has 0 spiro atoms. The van der Waals surface area contributed by atoms with Crippen molar-refractivity contribution in [2.45, 2.75) is 6.42 Å². The van der Waals surface area contributed by atoms with Crippen LogP contribution in [-0.4, -0.2) is 6.54 Å². The van der Waals surface area contributed by atoms with Crippen LogP contribution in [0.5, 0.6) is 0 Å². The van der Waals surface area contributed by atoms with Crippen LogP contribution in [-0.2, 0) is 0 Å². The normalized spacial score (nSPS) is 10.9. The van der Waals surface area contributed by atoms with Gasteiger partial charge in [-0.1, -0.05) is 29.8 Å². The Morgan fingerprint density at radius 2 is 2.15 bits per heavy atom. The summed E-state index contributed by atoms with van der Waals surface area (Å²) in [5, 5.41) is 0.592. The third kappa shape index (κ3) is 3.09. The minimum Gasteiger partial charge on any atom is -0.398 e. The zero-order valence-corrected chi connectivity index (χ0v) is 8.09. The molecule has 0 saturated carbocycles. The minimum absolute atomic E-state index is 0.592. The van der Waals surface area contributed by atoms with Gasteiger partial charge in [-0.2, -0.15) is 0 Å². The van der Waals surface area contributed by atoms with Crippen LogP contribution in [0.4, 0.5) is 5.69 Å². The number of anilines is 1. The zero-order valence-electron chi connectivity index (χ0n) is 7.33. The van der Waals surface area contributed by atoms with E-state index in [-0.39, 0.29) is 0 Å². The lowest BCUT2D eigenvalue weighted by Crippen LogP contribution is -1.94. The number of nitrogen functional groups attached to an aromatic ring is 1. The first-order chi connectivity index (χ1) is 6.24. The summed E-state index contributed by atoms with van der Waals surface area (Å²) in [6.07, 6.45) is 4.88. The SMILES string of the molecule is NCCC=Cc1ccc(N)c(Cl)c1. The summed E-state index contributed by atoms with van der Waals surface area (Å²) in [4.78, 5) is 0. The quantitative estimate of drug-likeness (QED) is 0.729. The van der Waals surface area contributed by atoms with Crippen molar-refractivity contribution in [1.82, 2.24) is 0 Å². The van der Waals surface area contributed by atoms with E-state index in [1.165, 1.54) is 0 Å². The Bertz CT molecular complexity index is 308. The molecule has 0 aliphatic carbocycles. The third-order valence-electron chi connectivity index (χ3n) is 1.67. The molecule has 0 fully saturated rings. The molecule has 3 heteroatoms. The van der Waals surface area contributed by atoms with Crippen molar-refractivity contribution in [3.63, 3.8) is 0 Å². The molecule has 1 aromatic rings. The highest BCUT2D eigenvalue weighted by atomic mass is 35.5. The Morgan fingerprint density at radius 3 is 2.77 bits per heavy atom. The zero-order chi connectivity index (χ0) is 9.68. The fourth-order valence-corrected chi connectivity index (χ4v) is 1.15. The molecule has 0 amide bonds. The van der Waals surface area contributed by atoms with E-state index in [0.717, 1.165) is 12.0 Å². The summed E-state index contributed by atoms with van der Waals surface area (Å²) in [6.45, 7) is 0.666. The lowest BCUT2D eigenvalue weighted by Gasteiger charge is -1.98. The second kappa shape index (κ2) is 4.90. The lowest BCUT2D eigenvalue weighted by molar-refractivity contribution is 1.01. The van der Waals surface area contributed by atoms with Crippen molar-refractivity contribution < 1.29 is 0 Å². The molecule has 1 rings (SSSR count). The highest BCUT2D eigenvalue weighted by molar-refractivity contribution is 6.33. The molecule has 0 aliphatic rings. The maximum Gasteiger partial charge on any atom is 0.0641 e. The molecule has 1 aromatic carbocycles. The van der Waals surface area contributed by atoms with Gasteiger partial charge in [0.05, 0.1) is 10.7 Å². The molecule has 0 unspecified atom stereocenters. The van der Waals surface area contributed by atoms with Crippen LogP contribution in [0.1, 0.15) is 12.0 Å². The molecule has 0 atom stereocenters. The topological polar surface area (TPSA) is 52.0 Å². The van der Waals surface area contributed by atoms with Crippen LogP contribution in [0.3, 0.4) is 0 Å². The van der Waals surface area contributed by atoms with Crippen LogP contribution >= 0.6 is 11.6 Å². The van der Waals surface area contributed by atoms with E-state index in [2.05, 4.69) is 0 Å². The first-order valence-corrected chi connectivity index (χ1v) is 4.53. The molecule has 0 aromatic heterocycles. The molecule has 0 saturated heterocycles.